The van der Waals surface area contributed by atoms with E-state index in [1.54, 1.807) is 17.6 Å². The molecule has 2 bridgehead atoms. The van der Waals surface area contributed by atoms with Gasteiger partial charge in [0.15, 0.2) is 0 Å². The van der Waals surface area contributed by atoms with Gasteiger partial charge in [-0.2, -0.15) is 0 Å². The van der Waals surface area contributed by atoms with Crippen molar-refractivity contribution in [1.82, 2.24) is 19.7 Å². The average molecular weight is 434 g/mol. The van der Waals surface area contributed by atoms with Crippen molar-refractivity contribution < 1.29 is 24.2 Å². The van der Waals surface area contributed by atoms with E-state index in [9.17, 15) is 14.4 Å². The van der Waals surface area contributed by atoms with Gasteiger partial charge in [0.1, 0.15) is 6.04 Å². The topological polar surface area (TPSA) is 121 Å². The number of aromatic nitrogens is 1. The zero-order valence-electron chi connectivity index (χ0n) is 17.7. The monoisotopic (exact) mass is 434 g/mol. The summed E-state index contributed by atoms with van der Waals surface area (Å²) in [6, 6.07) is 4.61. The van der Waals surface area contributed by atoms with Gasteiger partial charge in [0.25, 0.3) is 12.0 Å². The molecule has 0 spiro atoms. The maximum absolute atomic E-state index is 13.1. The van der Waals surface area contributed by atoms with Crippen molar-refractivity contribution in [3.8, 4) is 0 Å². The van der Waals surface area contributed by atoms with Gasteiger partial charge >= 0.3 is 0 Å². The van der Waals surface area contributed by atoms with Crippen LogP contribution in [0.4, 0.5) is 0 Å². The number of carbonyl (C=O) groups excluding carboxylic acids is 2. The van der Waals surface area contributed by atoms with Gasteiger partial charge in [-0.25, -0.2) is 0 Å². The summed E-state index contributed by atoms with van der Waals surface area (Å²) in [5.41, 5.74) is 0.722. The van der Waals surface area contributed by atoms with Crippen molar-refractivity contribution in [2.75, 3.05) is 52.5 Å². The van der Waals surface area contributed by atoms with Crippen LogP contribution in [0.3, 0.4) is 0 Å². The molecule has 1 aromatic heterocycles. The molecule has 2 fully saturated rings. The first-order chi connectivity index (χ1) is 15.0. The molecule has 0 aromatic carbocycles. The fourth-order valence-electron chi connectivity index (χ4n) is 4.79. The number of carboxylic acid groups (broad SMARTS) is 1. The lowest BCUT2D eigenvalue weighted by molar-refractivity contribution is -0.135. The normalized spacial score (nSPS) is 24.9. The molecule has 10 nitrogen and oxygen atoms in total. The lowest BCUT2D eigenvalue weighted by atomic mass is 9.78. The Labute approximate surface area is 180 Å². The zero-order valence-corrected chi connectivity index (χ0v) is 17.7. The molecule has 2 saturated heterocycles. The number of pyridine rings is 1. The van der Waals surface area contributed by atoms with Crippen LogP contribution in [0.25, 0.3) is 0 Å². The minimum Gasteiger partial charge on any atom is -0.483 e. The Morgan fingerprint density at radius 2 is 1.97 bits per heavy atom. The summed E-state index contributed by atoms with van der Waals surface area (Å²) in [5.74, 6) is -0.0443. The van der Waals surface area contributed by atoms with Gasteiger partial charge in [0.2, 0.25) is 11.8 Å². The molecule has 4 heterocycles. The van der Waals surface area contributed by atoms with E-state index in [4.69, 9.17) is 14.6 Å². The number of nitrogens with one attached hydrogen (secondary N) is 1. The largest absolute Gasteiger partial charge is 0.483 e. The van der Waals surface area contributed by atoms with Crippen LogP contribution in [0, 0.1) is 5.92 Å². The molecule has 0 unspecified atom stereocenters. The Bertz CT molecular complexity index is 851. The first-order valence-corrected chi connectivity index (χ1v) is 10.6. The summed E-state index contributed by atoms with van der Waals surface area (Å²) in [6.45, 7) is 6.96. The number of hydrogen-bond acceptors (Lipinski definition) is 6. The molecule has 3 aliphatic heterocycles. The zero-order chi connectivity index (χ0) is 22.4. The van der Waals surface area contributed by atoms with Crippen LogP contribution in [0.2, 0.25) is 0 Å². The van der Waals surface area contributed by atoms with Crippen molar-refractivity contribution in [3.05, 3.63) is 34.2 Å². The second kappa shape index (κ2) is 10.5. The fraction of sp³-hybridized carbons (Fsp3) is 0.619. The van der Waals surface area contributed by atoms with Crippen LogP contribution in [0.5, 0.6) is 0 Å². The first kappa shape index (κ1) is 23.0. The summed E-state index contributed by atoms with van der Waals surface area (Å²) in [7, 11) is 0. The molecule has 0 aliphatic carbocycles. The van der Waals surface area contributed by atoms with E-state index < -0.39 is 6.04 Å². The van der Waals surface area contributed by atoms with Gasteiger partial charge in [-0.15, -0.1) is 0 Å². The molecule has 4 rings (SSSR count). The van der Waals surface area contributed by atoms with Gasteiger partial charge in [-0.3, -0.25) is 28.6 Å². The van der Waals surface area contributed by atoms with Crippen molar-refractivity contribution in [2.24, 2.45) is 5.92 Å². The van der Waals surface area contributed by atoms with E-state index in [0.29, 0.717) is 19.6 Å². The first-order valence-electron chi connectivity index (χ1n) is 10.6. The number of fused-ring (bicyclic) bond motifs is 4. The van der Waals surface area contributed by atoms with Gasteiger partial charge in [-0.1, -0.05) is 6.07 Å². The van der Waals surface area contributed by atoms with Crippen molar-refractivity contribution >= 4 is 18.3 Å². The van der Waals surface area contributed by atoms with Gasteiger partial charge in [-0.05, 0) is 12.5 Å². The Kier molecular flexibility index (Phi) is 7.80. The highest BCUT2D eigenvalue weighted by Crippen LogP contribution is 2.41. The number of amides is 2. The molecule has 1 aromatic rings. The molecular formula is C21H30N4O6. The molecule has 2 amide bonds. The van der Waals surface area contributed by atoms with Crippen LogP contribution in [-0.2, 0) is 19.1 Å². The van der Waals surface area contributed by atoms with E-state index in [0.717, 1.165) is 45.0 Å². The van der Waals surface area contributed by atoms with Crippen molar-refractivity contribution in [1.29, 1.82) is 0 Å². The van der Waals surface area contributed by atoms with Crippen LogP contribution in [0.1, 0.15) is 31.0 Å². The fourth-order valence-corrected chi connectivity index (χ4v) is 4.79. The third-order valence-corrected chi connectivity index (χ3v) is 6.19. The van der Waals surface area contributed by atoms with E-state index in [-0.39, 0.29) is 35.7 Å². The Hall–Kier alpha value is -2.72. The summed E-state index contributed by atoms with van der Waals surface area (Å²) >= 11 is 0. The quantitative estimate of drug-likeness (QED) is 0.613. The Balaban J connectivity index is 0.000000858. The van der Waals surface area contributed by atoms with Crippen LogP contribution < -0.4 is 10.9 Å². The van der Waals surface area contributed by atoms with Gasteiger partial charge < -0.3 is 20.1 Å². The third kappa shape index (κ3) is 5.31. The molecule has 170 valence electrons. The lowest BCUT2D eigenvalue weighted by Gasteiger charge is -2.46. The van der Waals surface area contributed by atoms with Gasteiger partial charge in [0.05, 0.1) is 13.2 Å². The highest BCUT2D eigenvalue weighted by atomic mass is 16.5. The number of piperidine rings is 1. The Morgan fingerprint density at radius 3 is 2.65 bits per heavy atom. The summed E-state index contributed by atoms with van der Waals surface area (Å²) in [6.07, 6.45) is 0.828. The van der Waals surface area contributed by atoms with E-state index in [1.807, 2.05) is 11.0 Å². The smallest absolute Gasteiger partial charge is 0.290 e. The van der Waals surface area contributed by atoms with Crippen molar-refractivity contribution in [3.63, 3.8) is 0 Å². The van der Waals surface area contributed by atoms with E-state index in [2.05, 4.69) is 10.2 Å². The molecule has 3 aliphatic rings. The molecular weight excluding hydrogens is 404 g/mol. The Morgan fingerprint density at radius 1 is 1.26 bits per heavy atom. The minimum absolute atomic E-state index is 0.0212. The highest BCUT2D eigenvalue weighted by Gasteiger charge is 2.44. The molecule has 3 atom stereocenters. The predicted molar refractivity (Wildman–Crippen MR) is 112 cm³/mol. The number of likely N-dealkylation sites (tertiary alicyclic amines) is 1. The van der Waals surface area contributed by atoms with Crippen molar-refractivity contribution in [2.45, 2.75) is 25.3 Å². The number of nitrogens with zero attached hydrogens (tertiary/aromatic N) is 3. The van der Waals surface area contributed by atoms with Crippen LogP contribution in [0.15, 0.2) is 23.0 Å². The van der Waals surface area contributed by atoms with Crippen LogP contribution >= 0.6 is 0 Å². The maximum Gasteiger partial charge on any atom is 0.290 e. The maximum atomic E-state index is 13.1. The average Bonchev–Trinajstić information content (AvgIpc) is 2.75. The predicted octanol–water partition coefficient (Wildman–Crippen LogP) is -0.496. The minimum atomic E-state index is -0.563. The second-order valence-corrected chi connectivity index (χ2v) is 8.07. The number of hydrogen-bond donors (Lipinski definition) is 2. The number of ether oxygens (including phenoxy) is 1. The van der Waals surface area contributed by atoms with E-state index in [1.165, 1.54) is 6.07 Å². The SMILES string of the molecule is CC(=O)N1C[C@H]2C[C@@H](C1)[C@H](C(=O)NCCN1CCOCC1)n1c2cccc1=O.O=CO. The van der Waals surface area contributed by atoms with Gasteiger partial charge in [0, 0.05) is 69.8 Å². The highest BCUT2D eigenvalue weighted by molar-refractivity contribution is 5.81. The number of morpholine rings is 1. The van der Waals surface area contributed by atoms with Crippen LogP contribution in [-0.4, -0.2) is 90.2 Å². The standard InChI is InChI=1S/C20H28N4O4.CH2O2/c1-14(25)23-12-15-11-16(13-23)19(24-17(15)3-2-4-18(24)26)20(27)21-5-6-22-7-9-28-10-8-22;2-1-3/h2-4,15-16,19H,5-13H2,1H3,(H,21,27);1H,(H,2,3)/t15-,16+,19-;/m1./s1. The van der Waals surface area contributed by atoms with E-state index >= 15 is 0 Å². The molecule has 10 heteroatoms. The third-order valence-electron chi connectivity index (χ3n) is 6.19. The molecule has 2 N–H and O–H groups in total. The summed E-state index contributed by atoms with van der Waals surface area (Å²) < 4.78 is 7.02. The number of carbonyl (C=O) groups is 3. The molecule has 0 radical (unpaired) electrons. The summed E-state index contributed by atoms with van der Waals surface area (Å²) in [5, 5.41) is 9.92. The number of rotatable bonds is 4. The molecule has 31 heavy (non-hydrogen) atoms. The molecule has 0 saturated carbocycles. The summed E-state index contributed by atoms with van der Waals surface area (Å²) in [4.78, 5) is 50.2. The lowest BCUT2D eigenvalue weighted by Crippen LogP contribution is -2.54. The second-order valence-electron chi connectivity index (χ2n) is 8.07.